The van der Waals surface area contributed by atoms with E-state index in [1.165, 1.54) is 13.3 Å². The van der Waals surface area contributed by atoms with E-state index in [2.05, 4.69) is 30.6 Å². The number of aromatic nitrogens is 4. The van der Waals surface area contributed by atoms with Gasteiger partial charge in [0.1, 0.15) is 23.9 Å². The molecule has 10 nitrogen and oxygen atoms in total. The lowest BCUT2D eigenvalue weighted by Crippen LogP contribution is -2.52. The Morgan fingerprint density at radius 2 is 2.00 bits per heavy atom. The van der Waals surface area contributed by atoms with E-state index in [-0.39, 0.29) is 17.9 Å². The molecule has 2 aromatic heterocycles. The number of ether oxygens (including phenoxy) is 1. The predicted molar refractivity (Wildman–Crippen MR) is 123 cm³/mol. The first-order valence-electron chi connectivity index (χ1n) is 11.1. The summed E-state index contributed by atoms with van der Waals surface area (Å²) in [6, 6.07) is 8.87. The van der Waals surface area contributed by atoms with E-state index >= 15 is 0 Å². The normalized spacial score (nSPS) is 15.3. The Bertz CT molecular complexity index is 1140. The van der Waals surface area contributed by atoms with Crippen molar-refractivity contribution in [3.05, 3.63) is 47.9 Å². The van der Waals surface area contributed by atoms with Crippen LogP contribution in [0, 0.1) is 6.92 Å². The molecule has 2 N–H and O–H groups in total. The van der Waals surface area contributed by atoms with Crippen LogP contribution >= 0.6 is 0 Å². The molecule has 0 bridgehead atoms. The zero-order valence-corrected chi connectivity index (χ0v) is 19.1. The summed E-state index contributed by atoms with van der Waals surface area (Å²) < 4.78 is 7.14. The largest absolute Gasteiger partial charge is 0.496 e. The summed E-state index contributed by atoms with van der Waals surface area (Å²) in [5.74, 6) is 1.79. The van der Waals surface area contributed by atoms with Gasteiger partial charge in [0.2, 0.25) is 11.8 Å². The molecule has 10 heteroatoms. The third-order valence-corrected chi connectivity index (χ3v) is 5.84. The molecule has 33 heavy (non-hydrogen) atoms. The van der Waals surface area contributed by atoms with Gasteiger partial charge in [-0.05, 0) is 31.4 Å². The van der Waals surface area contributed by atoms with Crippen molar-refractivity contribution >= 4 is 23.4 Å². The Kier molecular flexibility index (Phi) is 6.71. The highest BCUT2D eigenvalue weighted by Crippen LogP contribution is 2.22. The Balaban J connectivity index is 1.40. The maximum absolute atomic E-state index is 13.1. The summed E-state index contributed by atoms with van der Waals surface area (Å²) in [6.07, 6.45) is 3.42. The highest BCUT2D eigenvalue weighted by atomic mass is 16.5. The van der Waals surface area contributed by atoms with Crippen molar-refractivity contribution in [3.63, 3.8) is 0 Å². The van der Waals surface area contributed by atoms with Crippen molar-refractivity contribution in [2.45, 2.75) is 45.2 Å². The highest BCUT2D eigenvalue weighted by molar-refractivity contribution is 5.87. The number of rotatable bonds is 7. The van der Waals surface area contributed by atoms with Gasteiger partial charge in [0.05, 0.1) is 7.11 Å². The average Bonchev–Trinajstić information content (AvgIpc) is 3.27. The molecule has 0 radical (unpaired) electrons. The third kappa shape index (κ3) is 5.21. The lowest BCUT2D eigenvalue weighted by Gasteiger charge is -2.34. The Hall–Kier alpha value is -3.69. The standard InChI is InChI=1S/C23H29N7O3/c1-15-12-21(30-23(26-15)24-14-25-30)29-10-8-18(9-11-29)28-22(32)19(27-16(2)31)13-17-6-4-5-7-20(17)33-3/h4-7,12,14,18-19H,8-11,13H2,1-3H3,(H,27,31)(H,28,32)/t19-/m1/s1. The lowest BCUT2D eigenvalue weighted by atomic mass is 10.0. The van der Waals surface area contributed by atoms with E-state index in [0.717, 1.165) is 43.0 Å². The van der Waals surface area contributed by atoms with Crippen LogP contribution in [0.4, 0.5) is 5.82 Å². The van der Waals surface area contributed by atoms with Crippen LogP contribution in [0.25, 0.3) is 5.78 Å². The molecule has 4 rings (SSSR count). The van der Waals surface area contributed by atoms with E-state index in [1.54, 1.807) is 11.6 Å². The van der Waals surface area contributed by atoms with Gasteiger partial charge in [-0.3, -0.25) is 9.59 Å². The molecule has 174 valence electrons. The van der Waals surface area contributed by atoms with Gasteiger partial charge >= 0.3 is 0 Å². The number of hydrogen-bond donors (Lipinski definition) is 2. The van der Waals surface area contributed by atoms with Crippen molar-refractivity contribution in [3.8, 4) is 5.75 Å². The number of carbonyl (C=O) groups is 2. The van der Waals surface area contributed by atoms with Crippen molar-refractivity contribution in [2.75, 3.05) is 25.1 Å². The first kappa shape index (κ1) is 22.5. The van der Waals surface area contributed by atoms with Crippen LogP contribution in [-0.4, -0.2) is 63.7 Å². The molecular formula is C23H29N7O3. The summed E-state index contributed by atoms with van der Waals surface area (Å²) in [5.41, 5.74) is 1.75. The topological polar surface area (TPSA) is 114 Å². The Morgan fingerprint density at radius 3 is 2.73 bits per heavy atom. The van der Waals surface area contributed by atoms with E-state index < -0.39 is 6.04 Å². The second-order valence-corrected chi connectivity index (χ2v) is 8.27. The van der Waals surface area contributed by atoms with Crippen molar-refractivity contribution in [1.29, 1.82) is 0 Å². The molecule has 0 aliphatic carbocycles. The number of carbonyl (C=O) groups excluding carboxylic acids is 2. The Morgan fingerprint density at radius 1 is 1.24 bits per heavy atom. The van der Waals surface area contributed by atoms with Crippen LogP contribution in [-0.2, 0) is 16.0 Å². The van der Waals surface area contributed by atoms with Gasteiger partial charge in [-0.2, -0.15) is 14.6 Å². The fraction of sp³-hybridized carbons (Fsp3) is 0.435. The van der Waals surface area contributed by atoms with E-state index in [9.17, 15) is 9.59 Å². The number of hydrogen-bond acceptors (Lipinski definition) is 7. The number of nitrogens with zero attached hydrogens (tertiary/aromatic N) is 5. The minimum Gasteiger partial charge on any atom is -0.496 e. The number of amides is 2. The number of piperidine rings is 1. The lowest BCUT2D eigenvalue weighted by molar-refractivity contribution is -0.128. The molecule has 3 aromatic rings. The van der Waals surface area contributed by atoms with Crippen LogP contribution in [0.2, 0.25) is 0 Å². The van der Waals surface area contributed by atoms with Gasteiger partial charge in [0.15, 0.2) is 0 Å². The first-order valence-corrected chi connectivity index (χ1v) is 11.1. The summed E-state index contributed by atoms with van der Waals surface area (Å²) in [5, 5.41) is 10.2. The fourth-order valence-electron chi connectivity index (χ4n) is 4.24. The summed E-state index contributed by atoms with van der Waals surface area (Å²) in [4.78, 5) is 35.7. The molecular weight excluding hydrogens is 422 g/mol. The van der Waals surface area contributed by atoms with Gasteiger partial charge in [-0.25, -0.2) is 4.98 Å². The monoisotopic (exact) mass is 451 g/mol. The van der Waals surface area contributed by atoms with E-state index in [4.69, 9.17) is 4.74 Å². The van der Waals surface area contributed by atoms with Crippen LogP contribution in [0.1, 0.15) is 31.0 Å². The summed E-state index contributed by atoms with van der Waals surface area (Å²) in [7, 11) is 1.59. The number of fused-ring (bicyclic) bond motifs is 1. The molecule has 0 saturated carbocycles. The maximum Gasteiger partial charge on any atom is 0.254 e. The molecule has 0 spiro atoms. The second kappa shape index (κ2) is 9.85. The zero-order chi connectivity index (χ0) is 23.4. The van der Waals surface area contributed by atoms with Crippen LogP contribution in [0.5, 0.6) is 5.75 Å². The van der Waals surface area contributed by atoms with Gasteiger partial charge < -0.3 is 20.3 Å². The van der Waals surface area contributed by atoms with E-state index in [0.29, 0.717) is 17.9 Å². The van der Waals surface area contributed by atoms with Crippen molar-refractivity contribution in [1.82, 2.24) is 30.2 Å². The maximum atomic E-state index is 13.1. The van der Waals surface area contributed by atoms with Crippen LogP contribution in [0.15, 0.2) is 36.7 Å². The molecule has 1 fully saturated rings. The quantitative estimate of drug-likeness (QED) is 0.556. The molecule has 2 amide bonds. The highest BCUT2D eigenvalue weighted by Gasteiger charge is 2.27. The number of anilines is 1. The molecule has 3 heterocycles. The summed E-state index contributed by atoms with van der Waals surface area (Å²) in [6.45, 7) is 4.89. The third-order valence-electron chi connectivity index (χ3n) is 5.84. The van der Waals surface area contributed by atoms with Crippen LogP contribution in [0.3, 0.4) is 0 Å². The fourth-order valence-corrected chi connectivity index (χ4v) is 4.24. The van der Waals surface area contributed by atoms with Crippen molar-refractivity contribution < 1.29 is 14.3 Å². The first-order chi connectivity index (χ1) is 15.9. The second-order valence-electron chi connectivity index (χ2n) is 8.27. The predicted octanol–water partition coefficient (Wildman–Crippen LogP) is 1.27. The smallest absolute Gasteiger partial charge is 0.254 e. The molecule has 1 saturated heterocycles. The molecule has 1 aliphatic rings. The average molecular weight is 452 g/mol. The minimum atomic E-state index is -0.672. The minimum absolute atomic E-state index is 0.0249. The Labute approximate surface area is 192 Å². The van der Waals surface area contributed by atoms with Gasteiger partial charge in [-0.15, -0.1) is 0 Å². The van der Waals surface area contributed by atoms with Gasteiger partial charge in [-0.1, -0.05) is 18.2 Å². The number of aryl methyl sites for hydroxylation is 1. The summed E-state index contributed by atoms with van der Waals surface area (Å²) >= 11 is 0. The molecule has 0 unspecified atom stereocenters. The number of benzene rings is 1. The SMILES string of the molecule is COc1ccccc1C[C@@H](NC(C)=O)C(=O)NC1CCN(c2cc(C)nc3ncnn23)CC1. The molecule has 1 aromatic carbocycles. The number of nitrogens with one attached hydrogen (secondary N) is 2. The molecule has 1 atom stereocenters. The van der Waals surface area contributed by atoms with Crippen molar-refractivity contribution in [2.24, 2.45) is 0 Å². The van der Waals surface area contributed by atoms with E-state index in [1.807, 2.05) is 37.3 Å². The number of methoxy groups -OCH3 is 1. The van der Waals surface area contributed by atoms with Crippen LogP contribution < -0.4 is 20.3 Å². The number of para-hydroxylation sites is 1. The van der Waals surface area contributed by atoms with Gasteiger partial charge in [0, 0.05) is 44.2 Å². The molecule has 1 aliphatic heterocycles. The van der Waals surface area contributed by atoms with Gasteiger partial charge in [0.25, 0.3) is 5.78 Å². The zero-order valence-electron chi connectivity index (χ0n) is 19.1.